The highest BCUT2D eigenvalue weighted by Gasteiger charge is 2.28. The normalized spacial score (nSPS) is 16.1. The predicted octanol–water partition coefficient (Wildman–Crippen LogP) is 5.66. The van der Waals surface area contributed by atoms with Crippen molar-refractivity contribution in [2.45, 2.75) is 104 Å². The molecule has 1 unspecified atom stereocenters. The SMILES string of the molecule is CCCCCCCCC1C(C)=NNC(C(=O)OC)=C1CCCCCCCC(=O)OC. The minimum Gasteiger partial charge on any atom is -0.469 e. The van der Waals surface area contributed by atoms with E-state index in [1.54, 1.807) is 0 Å². The van der Waals surface area contributed by atoms with Gasteiger partial charge < -0.3 is 9.47 Å². The van der Waals surface area contributed by atoms with Gasteiger partial charge in [0.2, 0.25) is 0 Å². The molecule has 172 valence electrons. The van der Waals surface area contributed by atoms with Crippen LogP contribution in [-0.2, 0) is 19.1 Å². The molecular formula is C24H42N2O4. The topological polar surface area (TPSA) is 77.0 Å². The van der Waals surface area contributed by atoms with Gasteiger partial charge in [0.1, 0.15) is 5.70 Å². The highest BCUT2D eigenvalue weighted by Crippen LogP contribution is 2.30. The van der Waals surface area contributed by atoms with Crippen LogP contribution in [0.15, 0.2) is 16.4 Å². The van der Waals surface area contributed by atoms with E-state index < -0.39 is 0 Å². The van der Waals surface area contributed by atoms with Gasteiger partial charge in [-0.3, -0.25) is 10.2 Å². The molecule has 0 radical (unpaired) electrons. The predicted molar refractivity (Wildman–Crippen MR) is 121 cm³/mol. The third kappa shape index (κ3) is 9.77. The number of rotatable bonds is 16. The van der Waals surface area contributed by atoms with Crippen LogP contribution in [0.1, 0.15) is 104 Å². The Labute approximate surface area is 182 Å². The highest BCUT2D eigenvalue weighted by atomic mass is 16.5. The van der Waals surface area contributed by atoms with E-state index in [1.807, 2.05) is 0 Å². The van der Waals surface area contributed by atoms with E-state index in [-0.39, 0.29) is 17.9 Å². The van der Waals surface area contributed by atoms with Crippen molar-refractivity contribution in [2.24, 2.45) is 11.0 Å². The van der Waals surface area contributed by atoms with Crippen molar-refractivity contribution in [3.63, 3.8) is 0 Å². The Kier molecular flexibility index (Phi) is 13.9. The molecule has 1 aliphatic heterocycles. The number of carbonyl (C=O) groups excluding carboxylic acids is 2. The first-order valence-electron chi connectivity index (χ1n) is 11.7. The molecule has 1 N–H and O–H groups in total. The molecular weight excluding hydrogens is 380 g/mol. The van der Waals surface area contributed by atoms with Crippen molar-refractivity contribution in [3.05, 3.63) is 11.3 Å². The van der Waals surface area contributed by atoms with Crippen LogP contribution < -0.4 is 5.43 Å². The number of carbonyl (C=O) groups is 2. The van der Waals surface area contributed by atoms with Crippen molar-refractivity contribution in [1.29, 1.82) is 0 Å². The molecule has 0 saturated heterocycles. The molecule has 0 aromatic rings. The number of esters is 2. The first-order valence-corrected chi connectivity index (χ1v) is 11.7. The van der Waals surface area contributed by atoms with E-state index in [2.05, 4.69) is 29.1 Å². The lowest BCUT2D eigenvalue weighted by Gasteiger charge is -2.27. The first kappa shape index (κ1) is 26.2. The maximum absolute atomic E-state index is 12.3. The van der Waals surface area contributed by atoms with Gasteiger partial charge in [0.15, 0.2) is 0 Å². The summed E-state index contributed by atoms with van der Waals surface area (Å²) in [5.74, 6) is -0.235. The number of unbranched alkanes of at least 4 members (excludes halogenated alkanes) is 9. The second-order valence-electron chi connectivity index (χ2n) is 8.21. The highest BCUT2D eigenvalue weighted by molar-refractivity contribution is 5.95. The smallest absolute Gasteiger partial charge is 0.355 e. The summed E-state index contributed by atoms with van der Waals surface area (Å²) in [4.78, 5) is 23.5. The van der Waals surface area contributed by atoms with Crippen LogP contribution in [0.5, 0.6) is 0 Å². The van der Waals surface area contributed by atoms with Gasteiger partial charge >= 0.3 is 11.9 Å². The average molecular weight is 423 g/mol. The Morgan fingerprint density at radius 3 is 2.20 bits per heavy atom. The van der Waals surface area contributed by atoms with Crippen molar-refractivity contribution in [1.82, 2.24) is 5.43 Å². The van der Waals surface area contributed by atoms with Crippen LogP contribution in [0, 0.1) is 5.92 Å². The number of hydrogen-bond donors (Lipinski definition) is 1. The standard InChI is InChI=1S/C24H42N2O4/c1-5-6-7-8-10-13-16-20-19(2)25-26-23(24(28)30-4)21(20)17-14-11-9-12-15-18-22(27)29-3/h20,26H,5-18H2,1-4H3. The van der Waals surface area contributed by atoms with Gasteiger partial charge in [-0.15, -0.1) is 0 Å². The van der Waals surface area contributed by atoms with Gasteiger partial charge in [-0.1, -0.05) is 64.7 Å². The summed E-state index contributed by atoms with van der Waals surface area (Å²) in [5, 5.41) is 4.40. The quantitative estimate of drug-likeness (QED) is 0.256. The number of allylic oxidation sites excluding steroid dienone is 1. The van der Waals surface area contributed by atoms with E-state index in [1.165, 1.54) is 46.3 Å². The fourth-order valence-corrected chi connectivity index (χ4v) is 4.03. The van der Waals surface area contributed by atoms with Crippen molar-refractivity contribution in [3.8, 4) is 0 Å². The average Bonchev–Trinajstić information content (AvgIpc) is 2.76. The Hall–Kier alpha value is -1.85. The molecule has 0 bridgehead atoms. The maximum atomic E-state index is 12.3. The zero-order chi connectivity index (χ0) is 22.2. The lowest BCUT2D eigenvalue weighted by molar-refractivity contribution is -0.140. The molecule has 0 spiro atoms. The van der Waals surface area contributed by atoms with E-state index in [0.717, 1.165) is 62.7 Å². The van der Waals surface area contributed by atoms with Crippen LogP contribution >= 0.6 is 0 Å². The molecule has 0 aliphatic carbocycles. The number of hydrogen-bond acceptors (Lipinski definition) is 6. The van der Waals surface area contributed by atoms with Crippen LogP contribution in [0.3, 0.4) is 0 Å². The third-order valence-electron chi connectivity index (χ3n) is 5.88. The number of nitrogens with zero attached hydrogens (tertiary/aromatic N) is 1. The van der Waals surface area contributed by atoms with Gasteiger partial charge in [0.25, 0.3) is 0 Å². The summed E-state index contributed by atoms with van der Waals surface area (Å²) in [5.41, 5.74) is 5.68. The molecule has 1 rings (SSSR count). The Morgan fingerprint density at radius 1 is 0.900 bits per heavy atom. The summed E-state index contributed by atoms with van der Waals surface area (Å²) < 4.78 is 9.67. The van der Waals surface area contributed by atoms with E-state index in [9.17, 15) is 9.59 Å². The maximum Gasteiger partial charge on any atom is 0.355 e. The largest absolute Gasteiger partial charge is 0.469 e. The molecule has 0 aromatic heterocycles. The second-order valence-corrected chi connectivity index (χ2v) is 8.21. The number of nitrogens with one attached hydrogen (secondary N) is 1. The van der Waals surface area contributed by atoms with E-state index in [4.69, 9.17) is 4.74 Å². The zero-order valence-corrected chi connectivity index (χ0v) is 19.6. The molecule has 1 atom stereocenters. The Bertz CT molecular complexity index is 584. The summed E-state index contributed by atoms with van der Waals surface area (Å²) in [6, 6.07) is 0. The fourth-order valence-electron chi connectivity index (χ4n) is 4.03. The van der Waals surface area contributed by atoms with Crippen LogP contribution in [-0.4, -0.2) is 31.9 Å². The Balaban J connectivity index is 2.56. The Morgan fingerprint density at radius 2 is 1.53 bits per heavy atom. The molecule has 1 heterocycles. The van der Waals surface area contributed by atoms with E-state index >= 15 is 0 Å². The van der Waals surface area contributed by atoms with Crippen LogP contribution in [0.4, 0.5) is 0 Å². The van der Waals surface area contributed by atoms with Crippen molar-refractivity contribution in [2.75, 3.05) is 14.2 Å². The molecule has 1 aliphatic rings. The van der Waals surface area contributed by atoms with Gasteiger partial charge in [0.05, 0.1) is 14.2 Å². The minimum absolute atomic E-state index is 0.136. The molecule has 30 heavy (non-hydrogen) atoms. The summed E-state index contributed by atoms with van der Waals surface area (Å²) in [7, 11) is 2.85. The van der Waals surface area contributed by atoms with Crippen LogP contribution in [0.25, 0.3) is 0 Å². The number of ether oxygens (including phenoxy) is 2. The fraction of sp³-hybridized carbons (Fsp3) is 0.792. The van der Waals surface area contributed by atoms with E-state index in [0.29, 0.717) is 12.1 Å². The monoisotopic (exact) mass is 422 g/mol. The van der Waals surface area contributed by atoms with Gasteiger partial charge in [0, 0.05) is 18.1 Å². The minimum atomic E-state index is -0.327. The first-order chi connectivity index (χ1) is 14.5. The number of methoxy groups -OCH3 is 2. The molecule has 0 fully saturated rings. The molecule has 6 heteroatoms. The van der Waals surface area contributed by atoms with Gasteiger partial charge in [-0.25, -0.2) is 4.79 Å². The third-order valence-corrected chi connectivity index (χ3v) is 5.88. The molecule has 0 aromatic carbocycles. The molecule has 0 saturated carbocycles. The summed E-state index contributed by atoms with van der Waals surface area (Å²) >= 11 is 0. The molecule has 0 amide bonds. The summed E-state index contributed by atoms with van der Waals surface area (Å²) in [6.45, 7) is 4.29. The lowest BCUT2D eigenvalue weighted by Crippen LogP contribution is -2.31. The van der Waals surface area contributed by atoms with Crippen molar-refractivity contribution >= 4 is 17.7 Å². The van der Waals surface area contributed by atoms with Crippen molar-refractivity contribution < 1.29 is 19.1 Å². The molecule has 6 nitrogen and oxygen atoms in total. The summed E-state index contributed by atoms with van der Waals surface area (Å²) in [6.07, 6.45) is 15.1. The van der Waals surface area contributed by atoms with Gasteiger partial charge in [-0.05, 0) is 38.2 Å². The zero-order valence-electron chi connectivity index (χ0n) is 19.6. The second kappa shape index (κ2) is 15.9. The lowest BCUT2D eigenvalue weighted by atomic mass is 9.84. The number of hydrazone groups is 1. The van der Waals surface area contributed by atoms with Gasteiger partial charge in [-0.2, -0.15) is 5.10 Å². The van der Waals surface area contributed by atoms with Crippen LogP contribution in [0.2, 0.25) is 0 Å².